The lowest BCUT2D eigenvalue weighted by atomic mass is 10.1. The van der Waals surface area contributed by atoms with E-state index < -0.39 is 47.8 Å². The molecule has 0 aromatic heterocycles. The molecule has 7 nitrogen and oxygen atoms in total. The number of hydrogen-bond donors (Lipinski definition) is 3. The number of alkyl halides is 1. The molecule has 0 radical (unpaired) electrons. The van der Waals surface area contributed by atoms with Crippen LogP contribution in [0.2, 0.25) is 0 Å². The zero-order valence-corrected chi connectivity index (χ0v) is 9.86. The molecule has 0 aromatic carbocycles. The minimum Gasteiger partial charge on any atom is -0.481 e. The van der Waals surface area contributed by atoms with Crippen molar-refractivity contribution in [2.24, 2.45) is 5.73 Å². The average molecular weight is 265 g/mol. The van der Waals surface area contributed by atoms with Crippen molar-refractivity contribution in [1.82, 2.24) is 5.32 Å². The number of carbonyl (C=O) groups excluding carboxylic acids is 3. The molecule has 0 saturated heterocycles. The van der Waals surface area contributed by atoms with E-state index in [1.807, 2.05) is 0 Å². The first-order chi connectivity index (χ1) is 7.79. The molecular weight excluding hydrogens is 252 g/mol. The molecule has 0 bridgehead atoms. The number of nitrogens with one attached hydrogen (secondary N) is 1. The fourth-order valence-corrected chi connectivity index (χ4v) is 1.08. The Morgan fingerprint density at radius 2 is 1.88 bits per heavy atom. The monoisotopic (exact) mass is 264 g/mol. The highest BCUT2D eigenvalue weighted by molar-refractivity contribution is 6.48. The Balaban J connectivity index is 4.76. The van der Waals surface area contributed by atoms with E-state index in [-0.39, 0.29) is 0 Å². The molecule has 8 heteroatoms. The van der Waals surface area contributed by atoms with Gasteiger partial charge in [-0.05, 0) is 6.92 Å². The van der Waals surface area contributed by atoms with Gasteiger partial charge in [-0.2, -0.15) is 0 Å². The summed E-state index contributed by atoms with van der Waals surface area (Å²) in [4.78, 5) is 44.2. The second-order valence-electron chi connectivity index (χ2n) is 3.37. The van der Waals surface area contributed by atoms with Crippen molar-refractivity contribution in [3.8, 4) is 0 Å². The Morgan fingerprint density at radius 1 is 1.35 bits per heavy atom. The minimum atomic E-state index is -1.43. The number of halogens is 1. The van der Waals surface area contributed by atoms with Crippen LogP contribution in [0.4, 0.5) is 0 Å². The maximum atomic E-state index is 11.4. The predicted octanol–water partition coefficient (Wildman–Crippen LogP) is -1.33. The molecular formula is C9H13ClN2O5. The molecule has 0 aromatic rings. The normalized spacial score (nSPS) is 13.6. The highest BCUT2D eigenvalue weighted by Gasteiger charge is 2.28. The van der Waals surface area contributed by atoms with Gasteiger partial charge < -0.3 is 16.2 Å². The molecule has 0 unspecified atom stereocenters. The van der Waals surface area contributed by atoms with E-state index in [9.17, 15) is 19.2 Å². The van der Waals surface area contributed by atoms with Crippen LogP contribution in [0.15, 0.2) is 0 Å². The molecule has 0 rings (SSSR count). The second-order valence-corrected chi connectivity index (χ2v) is 3.64. The van der Waals surface area contributed by atoms with Crippen LogP contribution in [0.1, 0.15) is 13.3 Å². The summed E-state index contributed by atoms with van der Waals surface area (Å²) in [6.07, 6.45) is -0.695. The Hall–Kier alpha value is -1.47. The molecule has 0 aliphatic rings. The molecule has 17 heavy (non-hydrogen) atoms. The molecule has 0 heterocycles. The van der Waals surface area contributed by atoms with Crippen molar-refractivity contribution in [2.45, 2.75) is 25.4 Å². The van der Waals surface area contributed by atoms with Crippen LogP contribution in [0, 0.1) is 0 Å². The molecule has 2 atom stereocenters. The lowest BCUT2D eigenvalue weighted by Gasteiger charge is -2.16. The zero-order chi connectivity index (χ0) is 13.6. The maximum Gasteiger partial charge on any atom is 0.305 e. The number of nitrogens with two attached hydrogens (primary N) is 1. The number of carboxylic acid groups (broad SMARTS) is 1. The molecule has 0 spiro atoms. The lowest BCUT2D eigenvalue weighted by molar-refractivity contribution is -0.142. The number of aliphatic carboxylic acids is 1. The molecule has 96 valence electrons. The van der Waals surface area contributed by atoms with Crippen LogP contribution in [0.3, 0.4) is 0 Å². The largest absolute Gasteiger partial charge is 0.481 e. The summed E-state index contributed by atoms with van der Waals surface area (Å²) in [5.41, 5.74) is 5.24. The average Bonchev–Trinajstić information content (AvgIpc) is 2.25. The quantitative estimate of drug-likeness (QED) is 0.386. The molecule has 4 N–H and O–H groups in total. The van der Waals surface area contributed by atoms with Gasteiger partial charge in [0.25, 0.3) is 0 Å². The number of rotatable bonds is 7. The molecule has 0 saturated carbocycles. The van der Waals surface area contributed by atoms with E-state index in [1.54, 1.807) is 0 Å². The van der Waals surface area contributed by atoms with Gasteiger partial charge in [-0.3, -0.25) is 19.2 Å². The lowest BCUT2D eigenvalue weighted by Crippen LogP contribution is -2.50. The third-order valence-corrected chi connectivity index (χ3v) is 2.06. The summed E-state index contributed by atoms with van der Waals surface area (Å²) in [7, 11) is 0. The minimum absolute atomic E-state index is 0.566. The number of Topliss-reactive ketones (excluding diaryl/α,β-unsaturated/α-hetero) is 2. The summed E-state index contributed by atoms with van der Waals surface area (Å²) in [5, 5.41) is 10.6. The first kappa shape index (κ1) is 15.5. The summed E-state index contributed by atoms with van der Waals surface area (Å²) in [5.74, 6) is -4.61. The molecule has 0 aliphatic heterocycles. The van der Waals surface area contributed by atoms with E-state index in [0.717, 1.165) is 0 Å². The van der Waals surface area contributed by atoms with Crippen molar-refractivity contribution < 1.29 is 24.3 Å². The fourth-order valence-electron chi connectivity index (χ4n) is 0.947. The molecule has 0 aliphatic carbocycles. The van der Waals surface area contributed by atoms with Gasteiger partial charge in [0, 0.05) is 0 Å². The summed E-state index contributed by atoms with van der Waals surface area (Å²) >= 11 is 5.17. The van der Waals surface area contributed by atoms with Crippen molar-refractivity contribution in [1.29, 1.82) is 0 Å². The smallest absolute Gasteiger partial charge is 0.305 e. The fraction of sp³-hybridized carbons (Fsp3) is 0.556. The van der Waals surface area contributed by atoms with Gasteiger partial charge in [0.05, 0.1) is 18.3 Å². The van der Waals surface area contributed by atoms with Gasteiger partial charge in [-0.1, -0.05) is 0 Å². The highest BCUT2D eigenvalue weighted by Crippen LogP contribution is 1.98. The van der Waals surface area contributed by atoms with Crippen LogP contribution < -0.4 is 11.1 Å². The second kappa shape index (κ2) is 6.97. The third kappa shape index (κ3) is 5.41. The van der Waals surface area contributed by atoms with Gasteiger partial charge in [0.1, 0.15) is 6.04 Å². The number of ketones is 2. The van der Waals surface area contributed by atoms with E-state index in [2.05, 4.69) is 5.32 Å². The van der Waals surface area contributed by atoms with Crippen LogP contribution in [-0.4, -0.2) is 46.5 Å². The van der Waals surface area contributed by atoms with Crippen molar-refractivity contribution in [2.75, 3.05) is 5.88 Å². The van der Waals surface area contributed by atoms with E-state index in [4.69, 9.17) is 22.4 Å². The van der Waals surface area contributed by atoms with Gasteiger partial charge in [0.15, 0.2) is 0 Å². The van der Waals surface area contributed by atoms with Gasteiger partial charge in [0.2, 0.25) is 17.5 Å². The Morgan fingerprint density at radius 3 is 2.24 bits per heavy atom. The van der Waals surface area contributed by atoms with Crippen molar-refractivity contribution in [3.05, 3.63) is 0 Å². The van der Waals surface area contributed by atoms with E-state index in [0.29, 0.717) is 0 Å². The number of carbonyl (C=O) groups is 4. The maximum absolute atomic E-state index is 11.4. The van der Waals surface area contributed by atoms with Gasteiger partial charge in [-0.25, -0.2) is 0 Å². The highest BCUT2D eigenvalue weighted by atomic mass is 35.5. The van der Waals surface area contributed by atoms with E-state index in [1.165, 1.54) is 6.92 Å². The van der Waals surface area contributed by atoms with Gasteiger partial charge in [-0.15, -0.1) is 11.6 Å². The predicted molar refractivity (Wildman–Crippen MR) is 58.6 cm³/mol. The van der Waals surface area contributed by atoms with Crippen LogP contribution in [-0.2, 0) is 19.2 Å². The first-order valence-electron chi connectivity index (χ1n) is 4.70. The third-order valence-electron chi connectivity index (χ3n) is 1.82. The Labute approximate surface area is 102 Å². The standard InChI is InChI=1S/C9H13ClN2O5/c1-4(11)9(17)12-5(2-7(14)15)8(16)6(13)3-10/h4-5H,2-3,11H2,1H3,(H,12,17)(H,14,15)/t4-,5-/m0/s1. The summed E-state index contributed by atoms with van der Waals surface area (Å²) in [6, 6.07) is -2.34. The molecule has 0 fully saturated rings. The summed E-state index contributed by atoms with van der Waals surface area (Å²) in [6.45, 7) is 1.36. The first-order valence-corrected chi connectivity index (χ1v) is 5.23. The van der Waals surface area contributed by atoms with Crippen molar-refractivity contribution in [3.63, 3.8) is 0 Å². The van der Waals surface area contributed by atoms with Crippen molar-refractivity contribution >= 4 is 35.0 Å². The SMILES string of the molecule is C[C@H](N)C(=O)N[C@@H](CC(=O)O)C(=O)C(=O)CCl. The zero-order valence-electron chi connectivity index (χ0n) is 9.10. The number of hydrogen-bond acceptors (Lipinski definition) is 5. The number of amides is 1. The van der Waals surface area contributed by atoms with Crippen LogP contribution in [0.5, 0.6) is 0 Å². The van der Waals surface area contributed by atoms with Crippen LogP contribution in [0.25, 0.3) is 0 Å². The Kier molecular flexibility index (Phi) is 6.37. The van der Waals surface area contributed by atoms with Gasteiger partial charge >= 0.3 is 5.97 Å². The molecule has 1 amide bonds. The summed E-state index contributed by atoms with van der Waals surface area (Å²) < 4.78 is 0. The van der Waals surface area contributed by atoms with Crippen LogP contribution >= 0.6 is 11.6 Å². The topological polar surface area (TPSA) is 127 Å². The Bertz CT molecular complexity index is 342. The number of carboxylic acids is 1. The van der Waals surface area contributed by atoms with E-state index >= 15 is 0 Å².